The maximum atomic E-state index is 11.3. The lowest BCUT2D eigenvalue weighted by Crippen LogP contribution is -2.13. The molecule has 6 heteroatoms. The van der Waals surface area contributed by atoms with Crippen LogP contribution in [0.4, 0.5) is 5.69 Å². The molecule has 1 aromatic heterocycles. The molecule has 6 nitrogen and oxygen atoms in total. The SMILES string of the molecule is NC(=O)c1cccc([N+](=O)[O-])c1-c1ccccn1. The second-order valence-corrected chi connectivity index (χ2v) is 3.54. The first-order chi connectivity index (χ1) is 8.61. The number of benzene rings is 1. The van der Waals surface area contributed by atoms with Crippen LogP contribution in [-0.4, -0.2) is 15.8 Å². The molecular weight excluding hydrogens is 234 g/mol. The molecule has 90 valence electrons. The van der Waals surface area contributed by atoms with Crippen molar-refractivity contribution in [1.82, 2.24) is 4.98 Å². The molecule has 0 saturated carbocycles. The summed E-state index contributed by atoms with van der Waals surface area (Å²) in [6.07, 6.45) is 1.50. The zero-order valence-electron chi connectivity index (χ0n) is 9.24. The standard InChI is InChI=1S/C12H9N3O3/c13-12(16)8-4-3-6-10(15(17)18)11(8)9-5-1-2-7-14-9/h1-7H,(H2,13,16). The van der Waals surface area contributed by atoms with Gasteiger partial charge in [-0.3, -0.25) is 19.9 Å². The number of amides is 1. The van der Waals surface area contributed by atoms with Crippen molar-refractivity contribution >= 4 is 11.6 Å². The van der Waals surface area contributed by atoms with Gasteiger partial charge in [-0.05, 0) is 18.2 Å². The average molecular weight is 243 g/mol. The normalized spacial score (nSPS) is 10.0. The first-order valence-electron chi connectivity index (χ1n) is 5.10. The van der Waals surface area contributed by atoms with E-state index < -0.39 is 10.8 Å². The summed E-state index contributed by atoms with van der Waals surface area (Å²) in [5.74, 6) is -0.723. The Hall–Kier alpha value is -2.76. The number of nitro benzene ring substituents is 1. The molecule has 1 aromatic carbocycles. The quantitative estimate of drug-likeness (QED) is 0.655. The third-order valence-corrected chi connectivity index (χ3v) is 2.43. The maximum absolute atomic E-state index is 11.3. The Kier molecular flexibility index (Phi) is 3.01. The summed E-state index contributed by atoms with van der Waals surface area (Å²) in [6.45, 7) is 0. The topological polar surface area (TPSA) is 99.1 Å². The Labute approximate surface area is 102 Å². The van der Waals surface area contributed by atoms with E-state index in [9.17, 15) is 14.9 Å². The van der Waals surface area contributed by atoms with E-state index in [0.717, 1.165) is 0 Å². The number of nitrogens with zero attached hydrogens (tertiary/aromatic N) is 2. The molecule has 2 aromatic rings. The first-order valence-corrected chi connectivity index (χ1v) is 5.10. The predicted molar refractivity (Wildman–Crippen MR) is 64.8 cm³/mol. The fourth-order valence-electron chi connectivity index (χ4n) is 1.68. The Morgan fingerprint density at radius 2 is 2.00 bits per heavy atom. The van der Waals surface area contributed by atoms with Crippen LogP contribution in [0.2, 0.25) is 0 Å². The summed E-state index contributed by atoms with van der Waals surface area (Å²) < 4.78 is 0. The van der Waals surface area contributed by atoms with Crippen molar-refractivity contribution in [2.45, 2.75) is 0 Å². The van der Waals surface area contributed by atoms with E-state index in [0.29, 0.717) is 5.69 Å². The lowest BCUT2D eigenvalue weighted by molar-refractivity contribution is -0.384. The summed E-state index contributed by atoms with van der Waals surface area (Å²) in [5, 5.41) is 11.0. The lowest BCUT2D eigenvalue weighted by atomic mass is 10.0. The second kappa shape index (κ2) is 4.62. The number of pyridine rings is 1. The van der Waals surface area contributed by atoms with E-state index in [1.54, 1.807) is 18.2 Å². The largest absolute Gasteiger partial charge is 0.366 e. The number of primary amides is 1. The smallest absolute Gasteiger partial charge is 0.279 e. The number of nitro groups is 1. The van der Waals surface area contributed by atoms with E-state index in [2.05, 4.69) is 4.98 Å². The van der Waals surface area contributed by atoms with Crippen LogP contribution in [0.5, 0.6) is 0 Å². The highest BCUT2D eigenvalue weighted by Gasteiger charge is 2.22. The van der Waals surface area contributed by atoms with E-state index in [1.165, 1.54) is 24.4 Å². The molecule has 2 rings (SSSR count). The van der Waals surface area contributed by atoms with Gasteiger partial charge in [0.2, 0.25) is 5.91 Å². The van der Waals surface area contributed by atoms with Crippen molar-refractivity contribution < 1.29 is 9.72 Å². The van der Waals surface area contributed by atoms with Crippen LogP contribution in [0.3, 0.4) is 0 Å². The summed E-state index contributed by atoms with van der Waals surface area (Å²) in [4.78, 5) is 25.8. The zero-order valence-corrected chi connectivity index (χ0v) is 9.24. The van der Waals surface area contributed by atoms with Crippen molar-refractivity contribution in [3.05, 3.63) is 58.3 Å². The zero-order chi connectivity index (χ0) is 13.1. The number of hydrogen-bond donors (Lipinski definition) is 1. The van der Waals surface area contributed by atoms with Gasteiger partial charge in [0.05, 0.1) is 21.7 Å². The molecule has 0 unspecified atom stereocenters. The fourth-order valence-corrected chi connectivity index (χ4v) is 1.68. The van der Waals surface area contributed by atoms with Gasteiger partial charge >= 0.3 is 0 Å². The second-order valence-electron chi connectivity index (χ2n) is 3.54. The van der Waals surface area contributed by atoms with Gasteiger partial charge in [0.25, 0.3) is 5.69 Å². The summed E-state index contributed by atoms with van der Waals surface area (Å²) in [5.41, 5.74) is 5.62. The third kappa shape index (κ3) is 2.03. The minimum Gasteiger partial charge on any atom is -0.366 e. The van der Waals surface area contributed by atoms with Crippen molar-refractivity contribution in [1.29, 1.82) is 0 Å². The number of carbonyl (C=O) groups excluding carboxylic acids is 1. The summed E-state index contributed by atoms with van der Waals surface area (Å²) >= 11 is 0. The highest BCUT2D eigenvalue weighted by atomic mass is 16.6. The fraction of sp³-hybridized carbons (Fsp3) is 0. The Morgan fingerprint density at radius 3 is 2.56 bits per heavy atom. The number of rotatable bonds is 3. The molecule has 0 aliphatic heterocycles. The number of carbonyl (C=O) groups is 1. The summed E-state index contributed by atoms with van der Waals surface area (Å²) in [6, 6.07) is 9.14. The van der Waals surface area contributed by atoms with Crippen LogP contribution in [-0.2, 0) is 0 Å². The molecule has 0 saturated heterocycles. The summed E-state index contributed by atoms with van der Waals surface area (Å²) in [7, 11) is 0. The van der Waals surface area contributed by atoms with Gasteiger partial charge < -0.3 is 5.73 Å². The molecule has 0 radical (unpaired) electrons. The highest BCUT2D eigenvalue weighted by Crippen LogP contribution is 2.31. The Balaban J connectivity index is 2.77. The monoisotopic (exact) mass is 243 g/mol. The van der Waals surface area contributed by atoms with Crippen LogP contribution < -0.4 is 5.73 Å². The molecule has 2 N–H and O–H groups in total. The minimum atomic E-state index is -0.723. The average Bonchev–Trinajstić information content (AvgIpc) is 2.38. The molecule has 0 aliphatic rings. The van der Waals surface area contributed by atoms with E-state index in [-0.39, 0.29) is 16.8 Å². The minimum absolute atomic E-state index is 0.0860. The highest BCUT2D eigenvalue weighted by molar-refractivity contribution is 6.01. The number of aromatic nitrogens is 1. The molecule has 1 amide bonds. The van der Waals surface area contributed by atoms with Crippen molar-refractivity contribution in [3.63, 3.8) is 0 Å². The van der Waals surface area contributed by atoms with E-state index >= 15 is 0 Å². The molecule has 0 fully saturated rings. The van der Waals surface area contributed by atoms with Crippen LogP contribution in [0.15, 0.2) is 42.6 Å². The van der Waals surface area contributed by atoms with Gasteiger partial charge in [0.15, 0.2) is 0 Å². The molecule has 18 heavy (non-hydrogen) atoms. The van der Waals surface area contributed by atoms with E-state index in [1.807, 2.05) is 0 Å². The van der Waals surface area contributed by atoms with Gasteiger partial charge in [-0.15, -0.1) is 0 Å². The van der Waals surface area contributed by atoms with Crippen LogP contribution in [0.25, 0.3) is 11.3 Å². The predicted octanol–water partition coefficient (Wildman–Crippen LogP) is 1.76. The van der Waals surface area contributed by atoms with Gasteiger partial charge in [-0.25, -0.2) is 0 Å². The van der Waals surface area contributed by atoms with Crippen molar-refractivity contribution in [3.8, 4) is 11.3 Å². The molecule has 0 atom stereocenters. The van der Waals surface area contributed by atoms with Gasteiger partial charge in [0.1, 0.15) is 0 Å². The Bertz CT molecular complexity index is 579. The molecule has 0 bridgehead atoms. The molecule has 0 aliphatic carbocycles. The van der Waals surface area contributed by atoms with Gasteiger partial charge in [-0.2, -0.15) is 0 Å². The van der Waals surface area contributed by atoms with E-state index in [4.69, 9.17) is 5.73 Å². The molecule has 1 heterocycles. The third-order valence-electron chi connectivity index (χ3n) is 2.43. The Morgan fingerprint density at radius 1 is 1.22 bits per heavy atom. The van der Waals surface area contributed by atoms with Crippen molar-refractivity contribution in [2.24, 2.45) is 5.73 Å². The van der Waals surface area contributed by atoms with Crippen molar-refractivity contribution in [2.75, 3.05) is 0 Å². The van der Waals surface area contributed by atoms with Gasteiger partial charge in [-0.1, -0.05) is 12.1 Å². The first kappa shape index (κ1) is 11.7. The molecular formula is C12H9N3O3. The molecule has 0 spiro atoms. The number of hydrogen-bond acceptors (Lipinski definition) is 4. The van der Waals surface area contributed by atoms with Crippen LogP contribution in [0.1, 0.15) is 10.4 Å². The van der Waals surface area contributed by atoms with Gasteiger partial charge in [0, 0.05) is 12.3 Å². The lowest BCUT2D eigenvalue weighted by Gasteiger charge is -2.06. The van der Waals surface area contributed by atoms with Crippen LogP contribution >= 0.6 is 0 Å². The van der Waals surface area contributed by atoms with Crippen LogP contribution in [0, 0.1) is 10.1 Å². The number of nitrogens with two attached hydrogens (primary N) is 1. The maximum Gasteiger partial charge on any atom is 0.279 e.